The van der Waals surface area contributed by atoms with Crippen molar-refractivity contribution in [1.82, 2.24) is 4.90 Å². The summed E-state index contributed by atoms with van der Waals surface area (Å²) >= 11 is 0. The molecule has 0 aromatic heterocycles. The maximum atomic E-state index is 11.4. The largest absolute Gasteiger partial charge is 0.393 e. The zero-order valence-electron chi connectivity index (χ0n) is 21.0. The molecule has 7 heteroatoms. The zero-order valence-corrected chi connectivity index (χ0v) is 21.8. The number of benzene rings is 1. The van der Waals surface area contributed by atoms with E-state index in [1.54, 1.807) is 6.07 Å². The fourth-order valence-electron chi connectivity index (χ4n) is 7.93. The molecular formula is C27H42N2O4S. The van der Waals surface area contributed by atoms with E-state index >= 15 is 0 Å². The smallest absolute Gasteiger partial charge is 0.357 e. The lowest BCUT2D eigenvalue weighted by Crippen LogP contribution is -2.54. The summed E-state index contributed by atoms with van der Waals surface area (Å²) in [6.07, 6.45) is 11.4. The number of fused-ring (bicyclic) bond motifs is 5. The number of aliphatic hydroxyl groups excluding tert-OH is 1. The van der Waals surface area contributed by atoms with E-state index in [0.717, 1.165) is 50.6 Å². The van der Waals surface area contributed by atoms with Crippen LogP contribution in [-0.4, -0.2) is 49.7 Å². The Morgan fingerprint density at radius 3 is 2.68 bits per heavy atom. The Hall–Kier alpha value is -1.41. The van der Waals surface area contributed by atoms with Crippen molar-refractivity contribution in [3.05, 3.63) is 42.0 Å². The molecule has 0 bridgehead atoms. The third kappa shape index (κ3) is 4.69. The Balaban J connectivity index is 1.68. The molecule has 190 valence electrons. The van der Waals surface area contributed by atoms with Crippen LogP contribution in [-0.2, 0) is 16.7 Å². The zero-order chi connectivity index (χ0) is 24.7. The van der Waals surface area contributed by atoms with Crippen molar-refractivity contribution in [2.75, 3.05) is 25.4 Å². The summed E-state index contributed by atoms with van der Waals surface area (Å²) in [5.74, 6) is 1.18. The molecule has 0 radical (unpaired) electrons. The van der Waals surface area contributed by atoms with Crippen LogP contribution in [0.25, 0.3) is 0 Å². The molecule has 2 fully saturated rings. The van der Waals surface area contributed by atoms with Gasteiger partial charge in [-0.1, -0.05) is 31.9 Å². The van der Waals surface area contributed by atoms with E-state index in [2.05, 4.69) is 49.4 Å². The van der Waals surface area contributed by atoms with Crippen LogP contribution in [0.5, 0.6) is 0 Å². The van der Waals surface area contributed by atoms with Crippen LogP contribution < -0.4 is 4.72 Å². The van der Waals surface area contributed by atoms with E-state index in [4.69, 9.17) is 0 Å². The second kappa shape index (κ2) is 9.57. The van der Waals surface area contributed by atoms with Gasteiger partial charge in [0.1, 0.15) is 0 Å². The molecule has 4 rings (SSSR count). The Labute approximate surface area is 205 Å². The highest BCUT2D eigenvalue weighted by Crippen LogP contribution is 2.69. The number of hydrogen-bond acceptors (Lipinski definition) is 4. The number of aliphatic hydroxyl groups is 1. The number of anilines is 1. The van der Waals surface area contributed by atoms with Gasteiger partial charge < -0.3 is 10.0 Å². The summed E-state index contributed by atoms with van der Waals surface area (Å²) in [7, 11) is -0.0673. The van der Waals surface area contributed by atoms with E-state index in [0.29, 0.717) is 23.4 Å². The summed E-state index contributed by atoms with van der Waals surface area (Å²) in [5.41, 5.74) is 2.74. The van der Waals surface area contributed by atoms with Crippen LogP contribution in [0.4, 0.5) is 5.69 Å². The van der Waals surface area contributed by atoms with Gasteiger partial charge in [0, 0.05) is 0 Å². The molecule has 0 amide bonds. The van der Waals surface area contributed by atoms with Crippen LogP contribution >= 0.6 is 0 Å². The summed E-state index contributed by atoms with van der Waals surface area (Å²) in [6, 6.07) is 5.73. The van der Waals surface area contributed by atoms with Gasteiger partial charge in [-0.05, 0) is 117 Å². The molecule has 3 unspecified atom stereocenters. The number of allylic oxidation sites excluding steroid dienone is 1. The minimum atomic E-state index is -4.30. The maximum absolute atomic E-state index is 11.4. The number of rotatable bonds is 9. The average molecular weight is 491 g/mol. The number of unbranched alkanes of at least 4 members (excludes halogenated alkanes) is 2. The van der Waals surface area contributed by atoms with Gasteiger partial charge in [0.15, 0.2) is 0 Å². The highest BCUT2D eigenvalue weighted by Gasteiger charge is 2.63. The minimum Gasteiger partial charge on any atom is -0.393 e. The molecule has 3 N–H and O–H groups in total. The fraction of sp³-hybridized carbons (Fsp3) is 0.704. The van der Waals surface area contributed by atoms with Crippen molar-refractivity contribution in [3.63, 3.8) is 0 Å². The normalized spacial score (nSPS) is 34.9. The lowest BCUT2D eigenvalue weighted by atomic mass is 9.44. The highest BCUT2D eigenvalue weighted by atomic mass is 32.2. The number of nitrogens with one attached hydrogen (secondary N) is 1. The molecule has 34 heavy (non-hydrogen) atoms. The van der Waals surface area contributed by atoms with Crippen LogP contribution in [0.15, 0.2) is 30.9 Å². The Morgan fingerprint density at radius 2 is 2.00 bits per heavy atom. The minimum absolute atomic E-state index is 0.0518. The summed E-state index contributed by atoms with van der Waals surface area (Å²) in [4.78, 5) is 2.24. The molecule has 2 saturated carbocycles. The van der Waals surface area contributed by atoms with E-state index in [-0.39, 0.29) is 16.9 Å². The first-order valence-corrected chi connectivity index (χ1v) is 14.3. The topological polar surface area (TPSA) is 89.9 Å². The van der Waals surface area contributed by atoms with Crippen molar-refractivity contribution in [1.29, 1.82) is 0 Å². The first kappa shape index (κ1) is 25.7. The van der Waals surface area contributed by atoms with Crippen LogP contribution in [0.1, 0.15) is 75.3 Å². The Bertz CT molecular complexity index is 1010. The van der Waals surface area contributed by atoms with Crippen LogP contribution in [0.2, 0.25) is 0 Å². The predicted octanol–water partition coefficient (Wildman–Crippen LogP) is 5.02. The molecule has 6 atom stereocenters. The lowest BCUT2D eigenvalue weighted by Gasteiger charge is -2.60. The Morgan fingerprint density at radius 1 is 1.24 bits per heavy atom. The predicted molar refractivity (Wildman–Crippen MR) is 137 cm³/mol. The molecule has 0 heterocycles. The quantitative estimate of drug-likeness (QED) is 0.257. The molecule has 6 nitrogen and oxygen atoms in total. The molecule has 3 aliphatic rings. The van der Waals surface area contributed by atoms with E-state index < -0.39 is 10.3 Å². The molecule has 0 spiro atoms. The summed E-state index contributed by atoms with van der Waals surface area (Å²) < 4.78 is 34.2. The van der Waals surface area contributed by atoms with Crippen molar-refractivity contribution >= 4 is 16.0 Å². The van der Waals surface area contributed by atoms with Gasteiger partial charge in [-0.2, -0.15) is 8.42 Å². The van der Waals surface area contributed by atoms with Crippen molar-refractivity contribution in [3.8, 4) is 0 Å². The highest BCUT2D eigenvalue weighted by molar-refractivity contribution is 7.87. The summed E-state index contributed by atoms with van der Waals surface area (Å²) in [6.45, 7) is 7.78. The molecule has 3 aliphatic carbocycles. The average Bonchev–Trinajstić information content (AvgIpc) is 3.06. The van der Waals surface area contributed by atoms with Gasteiger partial charge in [-0.3, -0.25) is 9.27 Å². The third-order valence-corrected chi connectivity index (χ3v) is 9.79. The second-order valence-corrected chi connectivity index (χ2v) is 12.7. The van der Waals surface area contributed by atoms with Crippen LogP contribution in [0.3, 0.4) is 0 Å². The maximum Gasteiger partial charge on any atom is 0.357 e. The van der Waals surface area contributed by atoms with Crippen molar-refractivity contribution < 1.29 is 18.1 Å². The number of hydrogen-bond donors (Lipinski definition) is 3. The van der Waals surface area contributed by atoms with Crippen molar-refractivity contribution in [2.24, 2.45) is 22.7 Å². The fourth-order valence-corrected chi connectivity index (χ4v) is 8.35. The SMILES string of the molecule is C=CC12CCc3cc(NS(=O)(=O)O)ccc3C1[C@@H](CCCCCN(C)C)C[C@@]1(C)C2CC[C@@H]1O. The first-order valence-electron chi connectivity index (χ1n) is 12.8. The van der Waals surface area contributed by atoms with E-state index in [1.807, 2.05) is 6.07 Å². The third-order valence-electron chi connectivity index (χ3n) is 9.30. The van der Waals surface area contributed by atoms with Gasteiger partial charge in [0.05, 0.1) is 11.8 Å². The van der Waals surface area contributed by atoms with Crippen molar-refractivity contribution in [2.45, 2.75) is 76.7 Å². The van der Waals surface area contributed by atoms with Crippen LogP contribution in [0, 0.1) is 22.7 Å². The van der Waals surface area contributed by atoms with E-state index in [1.165, 1.54) is 24.8 Å². The Kier molecular flexibility index (Phi) is 7.22. The first-order chi connectivity index (χ1) is 16.0. The van der Waals surface area contributed by atoms with Gasteiger partial charge in [-0.15, -0.1) is 6.58 Å². The van der Waals surface area contributed by atoms with Gasteiger partial charge in [0.25, 0.3) is 0 Å². The second-order valence-electron chi connectivity index (χ2n) is 11.6. The monoisotopic (exact) mass is 490 g/mol. The number of nitrogens with zero attached hydrogens (tertiary/aromatic N) is 1. The van der Waals surface area contributed by atoms with Gasteiger partial charge in [-0.25, -0.2) is 0 Å². The van der Waals surface area contributed by atoms with Gasteiger partial charge >= 0.3 is 10.3 Å². The molecular weight excluding hydrogens is 448 g/mol. The van der Waals surface area contributed by atoms with E-state index in [9.17, 15) is 18.1 Å². The lowest BCUT2D eigenvalue weighted by molar-refractivity contribution is -0.0812. The molecule has 1 aromatic rings. The molecule has 1 aromatic carbocycles. The standard InChI is InChI=1S/C27H42N2O4S/c1-5-27-15-14-19-17-21(28-34(31,32)33)10-11-22(19)25(27)20(9-7-6-8-16-29(3)4)18-26(2)23(27)12-13-24(26)30/h5,10-11,17,20,23-25,28,30H,1,6-9,12-16,18H2,2-4H3,(H,31,32,33)/t20-,23?,24-,25?,26-,27?/m0/s1. The molecule has 0 aliphatic heterocycles. The molecule has 0 saturated heterocycles. The number of aryl methyl sites for hydroxylation is 1. The van der Waals surface area contributed by atoms with Gasteiger partial charge in [0.2, 0.25) is 0 Å². The summed E-state index contributed by atoms with van der Waals surface area (Å²) in [5, 5.41) is 11.1.